The highest BCUT2D eigenvalue weighted by atomic mass is 19.1. The predicted octanol–water partition coefficient (Wildman–Crippen LogP) is 3.52. The molecule has 1 N–H and O–H groups in total. The molecule has 0 radical (unpaired) electrons. The summed E-state index contributed by atoms with van der Waals surface area (Å²) in [6.07, 6.45) is 2.02. The van der Waals surface area contributed by atoms with Gasteiger partial charge < -0.3 is 14.7 Å². The molecule has 1 aromatic heterocycles. The molecule has 0 aliphatic carbocycles. The Morgan fingerprint density at radius 2 is 1.81 bits per heavy atom. The van der Waals surface area contributed by atoms with Crippen molar-refractivity contribution in [1.29, 1.82) is 0 Å². The Morgan fingerprint density at radius 3 is 2.46 bits per heavy atom. The predicted molar refractivity (Wildman–Crippen MR) is 98.7 cm³/mol. The van der Waals surface area contributed by atoms with Crippen LogP contribution in [0.1, 0.15) is 15.9 Å². The zero-order chi connectivity index (χ0) is 18.5. The molecule has 0 aliphatic rings. The number of hydrogen-bond acceptors (Lipinski definition) is 4. The van der Waals surface area contributed by atoms with Gasteiger partial charge in [-0.25, -0.2) is 4.39 Å². The number of nitrogens with zero attached hydrogens (tertiary/aromatic N) is 2. The second kappa shape index (κ2) is 7.82. The molecule has 0 saturated heterocycles. The molecule has 0 atom stereocenters. The molecule has 0 saturated carbocycles. The van der Waals surface area contributed by atoms with Crippen molar-refractivity contribution in [2.45, 2.75) is 6.42 Å². The van der Waals surface area contributed by atoms with Gasteiger partial charge in [0.1, 0.15) is 23.3 Å². The third-order valence-corrected chi connectivity index (χ3v) is 4.08. The van der Waals surface area contributed by atoms with Crippen LogP contribution in [0.4, 0.5) is 10.1 Å². The molecule has 0 aliphatic heterocycles. The molecule has 0 unspecified atom stereocenters. The van der Waals surface area contributed by atoms with Gasteiger partial charge >= 0.3 is 0 Å². The Morgan fingerprint density at radius 1 is 1.12 bits per heavy atom. The summed E-state index contributed by atoms with van der Waals surface area (Å²) in [5, 5.41) is 6.74. The van der Waals surface area contributed by atoms with Gasteiger partial charge in [-0.2, -0.15) is 0 Å². The first-order valence-corrected chi connectivity index (χ1v) is 8.29. The van der Waals surface area contributed by atoms with Crippen molar-refractivity contribution in [3.8, 4) is 11.3 Å². The average Bonchev–Trinajstić information content (AvgIpc) is 3.12. The quantitative estimate of drug-likeness (QED) is 0.737. The number of aromatic nitrogens is 1. The molecule has 0 bridgehead atoms. The summed E-state index contributed by atoms with van der Waals surface area (Å²) in [7, 11) is 3.99. The zero-order valence-corrected chi connectivity index (χ0v) is 14.7. The minimum absolute atomic E-state index is 0.268. The van der Waals surface area contributed by atoms with Crippen LogP contribution in [0.3, 0.4) is 0 Å². The Kier molecular flexibility index (Phi) is 5.31. The monoisotopic (exact) mass is 353 g/mol. The molecule has 0 fully saturated rings. The standard InChI is InChI=1S/C20H20FN3O2/c1-24(2)17-9-3-14(4-10-17)11-12-22-20(25)18-13-26-23-19(18)15-5-7-16(21)8-6-15/h3-10,13H,11-12H2,1-2H3,(H,22,25). The summed E-state index contributed by atoms with van der Waals surface area (Å²) in [6, 6.07) is 14.0. The van der Waals surface area contributed by atoms with Crippen molar-refractivity contribution < 1.29 is 13.7 Å². The normalized spacial score (nSPS) is 10.6. The highest BCUT2D eigenvalue weighted by Crippen LogP contribution is 2.22. The van der Waals surface area contributed by atoms with Crippen molar-refractivity contribution in [2.75, 3.05) is 25.5 Å². The van der Waals surface area contributed by atoms with E-state index >= 15 is 0 Å². The Balaban J connectivity index is 1.61. The minimum Gasteiger partial charge on any atom is -0.378 e. The highest BCUT2D eigenvalue weighted by Gasteiger charge is 2.17. The van der Waals surface area contributed by atoms with Crippen molar-refractivity contribution in [3.63, 3.8) is 0 Å². The van der Waals surface area contributed by atoms with Crippen LogP contribution >= 0.6 is 0 Å². The molecule has 1 amide bonds. The molecule has 1 heterocycles. The third-order valence-electron chi connectivity index (χ3n) is 4.08. The van der Waals surface area contributed by atoms with Crippen LogP contribution < -0.4 is 10.2 Å². The molecule has 3 aromatic rings. The summed E-state index contributed by atoms with van der Waals surface area (Å²) in [5.41, 5.74) is 3.63. The molecule has 134 valence electrons. The number of amides is 1. The van der Waals surface area contributed by atoms with Crippen LogP contribution in [0, 0.1) is 5.82 Å². The first-order chi connectivity index (χ1) is 12.5. The molecule has 2 aromatic carbocycles. The van der Waals surface area contributed by atoms with Crippen LogP contribution in [-0.4, -0.2) is 31.7 Å². The van der Waals surface area contributed by atoms with Gasteiger partial charge in [-0.1, -0.05) is 17.3 Å². The number of nitrogens with one attached hydrogen (secondary N) is 1. The second-order valence-corrected chi connectivity index (χ2v) is 6.15. The largest absolute Gasteiger partial charge is 0.378 e. The van der Waals surface area contributed by atoms with Gasteiger partial charge in [0.05, 0.1) is 0 Å². The van der Waals surface area contributed by atoms with Crippen LogP contribution in [-0.2, 0) is 6.42 Å². The lowest BCUT2D eigenvalue weighted by molar-refractivity contribution is 0.0954. The van der Waals surface area contributed by atoms with Crippen molar-refractivity contribution in [2.24, 2.45) is 0 Å². The fraction of sp³-hybridized carbons (Fsp3) is 0.200. The fourth-order valence-corrected chi connectivity index (χ4v) is 2.59. The number of carbonyl (C=O) groups is 1. The summed E-state index contributed by atoms with van der Waals surface area (Å²) in [5.74, 6) is -0.612. The number of hydrogen-bond donors (Lipinski definition) is 1. The van der Waals surface area contributed by atoms with Crippen LogP contribution in [0.15, 0.2) is 59.3 Å². The van der Waals surface area contributed by atoms with Gasteiger partial charge in [0.2, 0.25) is 0 Å². The van der Waals surface area contributed by atoms with E-state index in [9.17, 15) is 9.18 Å². The van der Waals surface area contributed by atoms with Crippen molar-refractivity contribution >= 4 is 11.6 Å². The van der Waals surface area contributed by atoms with Gasteiger partial charge in [-0.15, -0.1) is 0 Å². The van der Waals surface area contributed by atoms with Crippen LogP contribution in [0.2, 0.25) is 0 Å². The van der Waals surface area contributed by atoms with E-state index in [-0.39, 0.29) is 11.7 Å². The van der Waals surface area contributed by atoms with E-state index in [1.165, 1.54) is 18.4 Å². The van der Waals surface area contributed by atoms with Crippen molar-refractivity contribution in [1.82, 2.24) is 10.5 Å². The Bertz CT molecular complexity index is 871. The highest BCUT2D eigenvalue weighted by molar-refractivity contribution is 5.99. The molecule has 26 heavy (non-hydrogen) atoms. The molecule has 5 nitrogen and oxygen atoms in total. The summed E-state index contributed by atoms with van der Waals surface area (Å²) in [4.78, 5) is 14.4. The van der Waals surface area contributed by atoms with Crippen LogP contribution in [0.5, 0.6) is 0 Å². The van der Waals surface area contributed by atoms with E-state index in [0.717, 1.165) is 17.7 Å². The van der Waals surface area contributed by atoms with E-state index in [4.69, 9.17) is 4.52 Å². The number of benzene rings is 2. The first kappa shape index (κ1) is 17.7. The van der Waals surface area contributed by atoms with Crippen molar-refractivity contribution in [3.05, 3.63) is 71.7 Å². The van der Waals surface area contributed by atoms with Gasteiger partial charge in [-0.05, 0) is 48.4 Å². The number of carbonyl (C=O) groups excluding carboxylic acids is 1. The van der Waals surface area contributed by atoms with E-state index in [0.29, 0.717) is 23.4 Å². The first-order valence-electron chi connectivity index (χ1n) is 8.29. The lowest BCUT2D eigenvalue weighted by Gasteiger charge is -2.12. The summed E-state index contributed by atoms with van der Waals surface area (Å²) >= 11 is 0. The van der Waals surface area contributed by atoms with E-state index in [1.807, 2.05) is 43.3 Å². The van der Waals surface area contributed by atoms with E-state index < -0.39 is 0 Å². The maximum atomic E-state index is 13.1. The maximum Gasteiger partial charge on any atom is 0.256 e. The lowest BCUT2D eigenvalue weighted by Crippen LogP contribution is -2.25. The SMILES string of the molecule is CN(C)c1ccc(CCNC(=O)c2conc2-c2ccc(F)cc2)cc1. The van der Waals surface area contributed by atoms with Gasteiger partial charge in [-0.3, -0.25) is 4.79 Å². The molecular weight excluding hydrogens is 333 g/mol. The summed E-state index contributed by atoms with van der Waals surface area (Å²) in [6.45, 7) is 0.494. The zero-order valence-electron chi connectivity index (χ0n) is 14.7. The molecule has 6 heteroatoms. The van der Waals surface area contributed by atoms with Gasteiger partial charge in [0, 0.05) is 31.9 Å². The summed E-state index contributed by atoms with van der Waals surface area (Å²) < 4.78 is 18.0. The second-order valence-electron chi connectivity index (χ2n) is 6.15. The topological polar surface area (TPSA) is 58.4 Å². The van der Waals surface area contributed by atoms with Gasteiger partial charge in [0.15, 0.2) is 0 Å². The number of rotatable bonds is 6. The molecule has 0 spiro atoms. The average molecular weight is 353 g/mol. The smallest absolute Gasteiger partial charge is 0.256 e. The number of anilines is 1. The van der Waals surface area contributed by atoms with Crippen LogP contribution in [0.25, 0.3) is 11.3 Å². The third kappa shape index (κ3) is 4.08. The van der Waals surface area contributed by atoms with E-state index in [2.05, 4.69) is 10.5 Å². The molecule has 3 rings (SSSR count). The van der Waals surface area contributed by atoms with E-state index in [1.54, 1.807) is 12.1 Å². The number of halogens is 1. The lowest BCUT2D eigenvalue weighted by atomic mass is 10.1. The van der Waals surface area contributed by atoms with Gasteiger partial charge in [0.25, 0.3) is 5.91 Å². The fourth-order valence-electron chi connectivity index (χ4n) is 2.59. The Hall–Kier alpha value is -3.15. The maximum absolute atomic E-state index is 13.1. The molecular formula is C20H20FN3O2. The Labute approximate surface area is 151 Å². The minimum atomic E-state index is -0.344.